The van der Waals surface area contributed by atoms with Crippen LogP contribution < -0.4 is 14.3 Å². The summed E-state index contributed by atoms with van der Waals surface area (Å²) >= 11 is 5.73. The van der Waals surface area contributed by atoms with Crippen LogP contribution >= 0.6 is 11.6 Å². The second-order valence-corrected chi connectivity index (χ2v) is 11.4. The van der Waals surface area contributed by atoms with Gasteiger partial charge in [0, 0.05) is 11.4 Å². The Morgan fingerprint density at radius 3 is 2.24 bits per heavy atom. The lowest BCUT2D eigenvalue weighted by molar-refractivity contribution is -0.114. The maximum Gasteiger partial charge on any atom is 0.261 e. The van der Waals surface area contributed by atoms with Crippen LogP contribution in [0, 0.1) is 12.7 Å². The maximum atomic E-state index is 13.4. The van der Waals surface area contributed by atoms with Gasteiger partial charge in [0.15, 0.2) is 0 Å². The first-order chi connectivity index (χ1) is 15.8. The molecule has 8 nitrogen and oxygen atoms in total. The number of hydrogen-bond acceptors (Lipinski definition) is 5. The van der Waals surface area contributed by atoms with Crippen molar-refractivity contribution in [3.63, 3.8) is 0 Å². The summed E-state index contributed by atoms with van der Waals surface area (Å²) in [5.41, 5.74) is 1.58. The van der Waals surface area contributed by atoms with E-state index in [1.54, 1.807) is 18.2 Å². The number of anilines is 3. The molecule has 12 heteroatoms. The summed E-state index contributed by atoms with van der Waals surface area (Å²) in [5, 5.41) is 2.22. The van der Waals surface area contributed by atoms with Crippen LogP contribution in [0.4, 0.5) is 21.5 Å². The minimum Gasteiger partial charge on any atom is -0.325 e. The van der Waals surface area contributed by atoms with Gasteiger partial charge in [0.1, 0.15) is 12.4 Å². The Balaban J connectivity index is 1.72. The van der Waals surface area contributed by atoms with Crippen LogP contribution in [0.1, 0.15) is 5.56 Å². The van der Waals surface area contributed by atoms with Gasteiger partial charge in [0.05, 0.1) is 21.9 Å². The Morgan fingerprint density at radius 1 is 0.971 bits per heavy atom. The molecule has 0 saturated heterocycles. The van der Waals surface area contributed by atoms with E-state index in [0.29, 0.717) is 5.69 Å². The Bertz CT molecular complexity index is 1430. The number of sulfonamides is 2. The van der Waals surface area contributed by atoms with Crippen molar-refractivity contribution in [2.45, 2.75) is 11.8 Å². The van der Waals surface area contributed by atoms with E-state index in [1.165, 1.54) is 30.3 Å². The maximum absolute atomic E-state index is 13.4. The monoisotopic (exact) mass is 525 g/mol. The van der Waals surface area contributed by atoms with Gasteiger partial charge in [-0.25, -0.2) is 21.2 Å². The van der Waals surface area contributed by atoms with Crippen LogP contribution in [0.25, 0.3) is 0 Å². The van der Waals surface area contributed by atoms with Crippen molar-refractivity contribution < 1.29 is 26.0 Å². The van der Waals surface area contributed by atoms with E-state index in [9.17, 15) is 26.0 Å². The van der Waals surface area contributed by atoms with Gasteiger partial charge in [-0.3, -0.25) is 13.8 Å². The van der Waals surface area contributed by atoms with Gasteiger partial charge in [0.25, 0.3) is 10.0 Å². The van der Waals surface area contributed by atoms with Crippen molar-refractivity contribution >= 4 is 54.6 Å². The molecule has 0 aliphatic rings. The number of amides is 1. The normalized spacial score (nSPS) is 11.6. The lowest BCUT2D eigenvalue weighted by atomic mass is 10.2. The number of nitrogens with one attached hydrogen (secondary N) is 2. The minimum absolute atomic E-state index is 0.0210. The van der Waals surface area contributed by atoms with E-state index in [4.69, 9.17) is 11.6 Å². The Morgan fingerprint density at radius 2 is 1.65 bits per heavy atom. The fraction of sp³-hybridized carbons (Fsp3) is 0.136. The molecule has 0 aliphatic carbocycles. The van der Waals surface area contributed by atoms with Crippen LogP contribution in [0.15, 0.2) is 71.6 Å². The first-order valence-corrected chi connectivity index (χ1v) is 13.5. The number of carbonyl (C=O) groups excluding carboxylic acids is 1. The molecule has 2 N–H and O–H groups in total. The molecular formula is C22H21ClFN3O5S2. The number of aryl methyl sites for hydroxylation is 1. The zero-order chi connectivity index (χ0) is 25.1. The average molecular weight is 526 g/mol. The molecule has 0 unspecified atom stereocenters. The average Bonchev–Trinajstić information content (AvgIpc) is 2.73. The summed E-state index contributed by atoms with van der Waals surface area (Å²) in [6.45, 7) is 1.24. The Labute approximate surface area is 202 Å². The lowest BCUT2D eigenvalue weighted by Gasteiger charge is -2.22. The fourth-order valence-electron chi connectivity index (χ4n) is 3.01. The van der Waals surface area contributed by atoms with Crippen LogP contribution in [-0.4, -0.2) is 35.5 Å². The first kappa shape index (κ1) is 25.5. The van der Waals surface area contributed by atoms with Gasteiger partial charge in [-0.15, -0.1) is 0 Å². The molecule has 0 radical (unpaired) electrons. The quantitative estimate of drug-likeness (QED) is 0.461. The zero-order valence-corrected chi connectivity index (χ0v) is 20.5. The molecule has 0 atom stereocenters. The molecule has 3 aromatic rings. The Hall–Kier alpha value is -3.15. The molecule has 0 saturated carbocycles. The fourth-order valence-corrected chi connectivity index (χ4v) is 5.08. The molecule has 34 heavy (non-hydrogen) atoms. The van der Waals surface area contributed by atoms with Gasteiger partial charge in [-0.2, -0.15) is 0 Å². The van der Waals surface area contributed by atoms with Crippen molar-refractivity contribution in [2.75, 3.05) is 27.1 Å². The highest BCUT2D eigenvalue weighted by molar-refractivity contribution is 7.92. The van der Waals surface area contributed by atoms with E-state index < -0.39 is 38.3 Å². The second kappa shape index (κ2) is 10.00. The Kier molecular flexibility index (Phi) is 7.49. The molecule has 0 spiro atoms. The molecule has 3 rings (SSSR count). The number of carbonyl (C=O) groups is 1. The highest BCUT2D eigenvalue weighted by Crippen LogP contribution is 2.25. The van der Waals surface area contributed by atoms with E-state index in [0.717, 1.165) is 28.3 Å². The van der Waals surface area contributed by atoms with Crippen LogP contribution in [-0.2, 0) is 24.8 Å². The summed E-state index contributed by atoms with van der Waals surface area (Å²) < 4.78 is 66.3. The third-order valence-electron chi connectivity index (χ3n) is 4.60. The van der Waals surface area contributed by atoms with Gasteiger partial charge in [0.2, 0.25) is 15.9 Å². The van der Waals surface area contributed by atoms with Crippen LogP contribution in [0.5, 0.6) is 0 Å². The topological polar surface area (TPSA) is 113 Å². The van der Waals surface area contributed by atoms with E-state index in [2.05, 4.69) is 10.0 Å². The predicted molar refractivity (Wildman–Crippen MR) is 131 cm³/mol. The van der Waals surface area contributed by atoms with Gasteiger partial charge >= 0.3 is 0 Å². The second-order valence-electron chi connectivity index (χ2n) is 7.42. The molecule has 1 amide bonds. The van der Waals surface area contributed by atoms with E-state index in [-0.39, 0.29) is 21.3 Å². The van der Waals surface area contributed by atoms with Crippen LogP contribution in [0.3, 0.4) is 0 Å². The van der Waals surface area contributed by atoms with Crippen molar-refractivity contribution in [3.05, 3.63) is 83.1 Å². The molecule has 0 aliphatic heterocycles. The smallest absolute Gasteiger partial charge is 0.261 e. The first-order valence-electron chi connectivity index (χ1n) is 9.77. The van der Waals surface area contributed by atoms with Gasteiger partial charge < -0.3 is 5.32 Å². The minimum atomic E-state index is -3.89. The van der Waals surface area contributed by atoms with E-state index in [1.807, 2.05) is 13.0 Å². The number of nitrogens with zero attached hydrogens (tertiary/aromatic N) is 1. The third kappa shape index (κ3) is 6.46. The summed E-state index contributed by atoms with van der Waals surface area (Å²) in [4.78, 5) is 12.5. The van der Waals surface area contributed by atoms with Crippen molar-refractivity contribution in [2.24, 2.45) is 0 Å². The van der Waals surface area contributed by atoms with Gasteiger partial charge in [-0.05, 0) is 67.1 Å². The van der Waals surface area contributed by atoms with Crippen molar-refractivity contribution in [1.29, 1.82) is 0 Å². The number of benzene rings is 3. The molecular weight excluding hydrogens is 505 g/mol. The zero-order valence-electron chi connectivity index (χ0n) is 18.1. The predicted octanol–water partition coefficient (Wildman–Crippen LogP) is 3.99. The summed E-state index contributed by atoms with van der Waals surface area (Å²) in [6.07, 6.45) is 0.901. The summed E-state index contributed by atoms with van der Waals surface area (Å²) in [7, 11) is -7.74. The molecule has 180 valence electrons. The highest BCUT2D eigenvalue weighted by Gasteiger charge is 2.22. The van der Waals surface area contributed by atoms with Crippen molar-refractivity contribution in [1.82, 2.24) is 0 Å². The molecule has 0 heterocycles. The van der Waals surface area contributed by atoms with E-state index >= 15 is 0 Å². The summed E-state index contributed by atoms with van der Waals surface area (Å²) in [5.74, 6) is -1.42. The highest BCUT2D eigenvalue weighted by atomic mass is 35.5. The lowest BCUT2D eigenvalue weighted by Crippen LogP contribution is -2.37. The molecule has 0 fully saturated rings. The molecule has 0 aromatic heterocycles. The number of halogens is 2. The standard InChI is InChI=1S/C22H21ClFN3O5S2/c1-15-4-3-5-17(12-15)26-34(31,32)19-9-6-16(7-10-19)25-22(28)14-27(33(2,29)30)18-8-11-21(24)20(23)13-18/h3-13,26H,14H2,1-2H3,(H,25,28). The molecule has 0 bridgehead atoms. The largest absolute Gasteiger partial charge is 0.325 e. The number of rotatable bonds is 8. The third-order valence-corrected chi connectivity index (χ3v) is 7.42. The number of hydrogen-bond donors (Lipinski definition) is 2. The van der Waals surface area contributed by atoms with Crippen LogP contribution in [0.2, 0.25) is 5.02 Å². The van der Waals surface area contributed by atoms with Gasteiger partial charge in [-0.1, -0.05) is 23.7 Å². The molecule has 3 aromatic carbocycles. The summed E-state index contributed by atoms with van der Waals surface area (Å²) in [6, 6.07) is 15.5. The SMILES string of the molecule is Cc1cccc(NS(=O)(=O)c2ccc(NC(=O)CN(c3ccc(F)c(Cl)c3)S(C)(=O)=O)cc2)c1. The van der Waals surface area contributed by atoms with Crippen molar-refractivity contribution in [3.8, 4) is 0 Å².